The van der Waals surface area contributed by atoms with Crippen LogP contribution in [0.1, 0.15) is 36.5 Å². The Balaban J connectivity index is 1.65. The van der Waals surface area contributed by atoms with Gasteiger partial charge in [0.15, 0.2) is 0 Å². The molecular weight excluding hydrogens is 312 g/mol. The van der Waals surface area contributed by atoms with Gasteiger partial charge in [-0.1, -0.05) is 43.3 Å². The average Bonchev–Trinajstić information content (AvgIpc) is 3.01. The smallest absolute Gasteiger partial charge is 0.227 e. The molecule has 1 aromatic heterocycles. The molecule has 2 atom stereocenters. The van der Waals surface area contributed by atoms with Crippen molar-refractivity contribution in [2.24, 2.45) is 7.05 Å². The largest absolute Gasteiger partial charge is 0.387 e. The average molecular weight is 336 g/mol. The number of rotatable bonds is 6. The predicted molar refractivity (Wildman–Crippen MR) is 100 cm³/mol. The summed E-state index contributed by atoms with van der Waals surface area (Å²) in [4.78, 5) is 12.5. The van der Waals surface area contributed by atoms with Crippen LogP contribution in [0.5, 0.6) is 0 Å². The second kappa shape index (κ2) is 7.53. The van der Waals surface area contributed by atoms with Crippen LogP contribution in [-0.2, 0) is 11.8 Å². The molecule has 4 heteroatoms. The zero-order chi connectivity index (χ0) is 17.8. The van der Waals surface area contributed by atoms with E-state index < -0.39 is 6.10 Å². The van der Waals surface area contributed by atoms with E-state index in [9.17, 15) is 9.90 Å². The van der Waals surface area contributed by atoms with E-state index in [2.05, 4.69) is 5.32 Å². The molecule has 0 saturated heterocycles. The van der Waals surface area contributed by atoms with Crippen LogP contribution in [0, 0.1) is 0 Å². The van der Waals surface area contributed by atoms with Crippen LogP contribution in [0.3, 0.4) is 0 Å². The number of amides is 1. The fourth-order valence-corrected chi connectivity index (χ4v) is 3.20. The molecule has 0 fully saturated rings. The Morgan fingerprint density at radius 2 is 1.88 bits per heavy atom. The highest BCUT2D eigenvalue weighted by molar-refractivity contribution is 5.83. The van der Waals surface area contributed by atoms with E-state index in [0.29, 0.717) is 0 Å². The minimum absolute atomic E-state index is 0.0476. The minimum atomic E-state index is -0.721. The van der Waals surface area contributed by atoms with Crippen LogP contribution in [0.2, 0.25) is 0 Å². The van der Waals surface area contributed by atoms with E-state index in [1.54, 1.807) is 0 Å². The third kappa shape index (κ3) is 3.74. The number of carbonyl (C=O) groups is 1. The Morgan fingerprint density at radius 3 is 2.60 bits per heavy atom. The van der Waals surface area contributed by atoms with Crippen molar-refractivity contribution in [3.8, 4) is 0 Å². The SMILES string of the molecule is CC[C@@H](C(=O)NC[C@H](O)c1ccc2c(ccn2C)c1)c1ccccc1. The summed E-state index contributed by atoms with van der Waals surface area (Å²) < 4.78 is 2.04. The molecular formula is C21H24N2O2. The number of aliphatic hydroxyl groups excluding tert-OH is 1. The van der Waals surface area contributed by atoms with Gasteiger partial charge in [-0.15, -0.1) is 0 Å². The van der Waals surface area contributed by atoms with Crippen molar-refractivity contribution in [1.29, 1.82) is 0 Å². The number of aliphatic hydroxyl groups is 1. The van der Waals surface area contributed by atoms with Crippen LogP contribution in [-0.4, -0.2) is 22.1 Å². The Labute approximate surface area is 148 Å². The van der Waals surface area contributed by atoms with Crippen molar-refractivity contribution in [2.45, 2.75) is 25.4 Å². The van der Waals surface area contributed by atoms with Crippen molar-refractivity contribution in [1.82, 2.24) is 9.88 Å². The summed E-state index contributed by atoms with van der Waals surface area (Å²) in [5, 5.41) is 14.4. The molecule has 1 amide bonds. The molecule has 0 aliphatic carbocycles. The molecule has 0 radical (unpaired) electrons. The molecule has 2 N–H and O–H groups in total. The number of hydrogen-bond donors (Lipinski definition) is 2. The first-order valence-electron chi connectivity index (χ1n) is 8.66. The first-order valence-corrected chi connectivity index (χ1v) is 8.66. The highest BCUT2D eigenvalue weighted by atomic mass is 16.3. The van der Waals surface area contributed by atoms with Crippen LogP contribution < -0.4 is 5.32 Å². The molecule has 0 aliphatic rings. The maximum Gasteiger partial charge on any atom is 0.227 e. The third-order valence-electron chi connectivity index (χ3n) is 4.69. The summed E-state index contributed by atoms with van der Waals surface area (Å²) in [6, 6.07) is 17.7. The lowest BCUT2D eigenvalue weighted by Gasteiger charge is -2.18. The summed E-state index contributed by atoms with van der Waals surface area (Å²) >= 11 is 0. The fraction of sp³-hybridized carbons (Fsp3) is 0.286. The van der Waals surface area contributed by atoms with Gasteiger partial charge >= 0.3 is 0 Å². The molecule has 130 valence electrons. The van der Waals surface area contributed by atoms with Gasteiger partial charge in [0, 0.05) is 25.3 Å². The van der Waals surface area contributed by atoms with Gasteiger partial charge in [-0.25, -0.2) is 0 Å². The first-order chi connectivity index (χ1) is 12.1. The Morgan fingerprint density at radius 1 is 1.12 bits per heavy atom. The third-order valence-corrected chi connectivity index (χ3v) is 4.69. The maximum absolute atomic E-state index is 12.5. The van der Waals surface area contributed by atoms with Gasteiger partial charge in [0.05, 0.1) is 12.0 Å². The van der Waals surface area contributed by atoms with Gasteiger partial charge in [-0.3, -0.25) is 4.79 Å². The number of benzene rings is 2. The standard InChI is InChI=1S/C21H24N2O2/c1-3-18(15-7-5-4-6-8-15)21(25)22-14-20(24)17-9-10-19-16(13-17)11-12-23(19)2/h4-13,18,20,24H,3,14H2,1-2H3,(H,22,25)/t18-,20+/m1/s1. The summed E-state index contributed by atoms with van der Waals surface area (Å²) in [5.41, 5.74) is 2.93. The highest BCUT2D eigenvalue weighted by Crippen LogP contribution is 2.22. The van der Waals surface area contributed by atoms with Crippen LogP contribution in [0.4, 0.5) is 0 Å². The summed E-state index contributed by atoms with van der Waals surface area (Å²) in [6.07, 6.45) is 2.00. The number of fused-ring (bicyclic) bond motifs is 1. The summed E-state index contributed by atoms with van der Waals surface area (Å²) in [6.45, 7) is 2.21. The highest BCUT2D eigenvalue weighted by Gasteiger charge is 2.19. The lowest BCUT2D eigenvalue weighted by molar-refractivity contribution is -0.123. The van der Waals surface area contributed by atoms with Crippen molar-refractivity contribution in [3.05, 3.63) is 71.9 Å². The first kappa shape index (κ1) is 17.2. The lowest BCUT2D eigenvalue weighted by Crippen LogP contribution is -2.32. The number of hydrogen-bond acceptors (Lipinski definition) is 2. The van der Waals surface area contributed by atoms with Gasteiger partial charge in [0.25, 0.3) is 0 Å². The van der Waals surface area contributed by atoms with E-state index >= 15 is 0 Å². The molecule has 0 saturated carbocycles. The normalized spacial score (nSPS) is 13.6. The van der Waals surface area contributed by atoms with Crippen molar-refractivity contribution in [2.75, 3.05) is 6.54 Å². The van der Waals surface area contributed by atoms with Gasteiger partial charge in [0.1, 0.15) is 0 Å². The molecule has 0 aliphatic heterocycles. The molecule has 0 bridgehead atoms. The molecule has 3 aromatic rings. The fourth-order valence-electron chi connectivity index (χ4n) is 3.20. The van der Waals surface area contributed by atoms with Gasteiger partial charge in [-0.05, 0) is 41.1 Å². The topological polar surface area (TPSA) is 54.3 Å². The summed E-state index contributed by atoms with van der Waals surface area (Å²) in [5.74, 6) is -0.237. The number of nitrogens with zero attached hydrogens (tertiary/aromatic N) is 1. The monoisotopic (exact) mass is 336 g/mol. The minimum Gasteiger partial charge on any atom is -0.387 e. The van der Waals surface area contributed by atoms with Gasteiger partial charge in [-0.2, -0.15) is 0 Å². The quantitative estimate of drug-likeness (QED) is 0.723. The van der Waals surface area contributed by atoms with E-state index in [4.69, 9.17) is 0 Å². The number of aryl methyl sites for hydroxylation is 1. The number of aromatic nitrogens is 1. The van der Waals surface area contributed by atoms with E-state index in [0.717, 1.165) is 28.5 Å². The Hall–Kier alpha value is -2.59. The van der Waals surface area contributed by atoms with Crippen LogP contribution in [0.15, 0.2) is 60.8 Å². The maximum atomic E-state index is 12.5. The molecule has 2 aromatic carbocycles. The Kier molecular flexibility index (Phi) is 5.19. The lowest BCUT2D eigenvalue weighted by atomic mass is 9.95. The molecule has 4 nitrogen and oxygen atoms in total. The molecule has 25 heavy (non-hydrogen) atoms. The van der Waals surface area contributed by atoms with E-state index in [1.165, 1.54) is 0 Å². The number of nitrogens with one attached hydrogen (secondary N) is 1. The van der Waals surface area contributed by atoms with Gasteiger partial charge in [0.2, 0.25) is 5.91 Å². The zero-order valence-corrected chi connectivity index (χ0v) is 14.6. The number of carbonyl (C=O) groups excluding carboxylic acids is 1. The second-order valence-electron chi connectivity index (χ2n) is 6.38. The van der Waals surface area contributed by atoms with Crippen molar-refractivity contribution >= 4 is 16.8 Å². The van der Waals surface area contributed by atoms with Gasteiger partial charge < -0.3 is 15.0 Å². The molecule has 1 heterocycles. The van der Waals surface area contributed by atoms with E-state index in [-0.39, 0.29) is 18.4 Å². The zero-order valence-electron chi connectivity index (χ0n) is 14.6. The van der Waals surface area contributed by atoms with E-state index in [1.807, 2.05) is 79.3 Å². The predicted octanol–water partition coefficient (Wildman–Crippen LogP) is 3.52. The van der Waals surface area contributed by atoms with Crippen molar-refractivity contribution < 1.29 is 9.90 Å². The summed E-state index contributed by atoms with van der Waals surface area (Å²) in [7, 11) is 1.99. The van der Waals surface area contributed by atoms with Crippen LogP contribution in [0.25, 0.3) is 10.9 Å². The second-order valence-corrected chi connectivity index (χ2v) is 6.38. The Bertz CT molecular complexity index is 855. The molecule has 3 rings (SSSR count). The van der Waals surface area contributed by atoms with Crippen LogP contribution >= 0.6 is 0 Å². The molecule has 0 spiro atoms. The van der Waals surface area contributed by atoms with Crippen molar-refractivity contribution in [3.63, 3.8) is 0 Å². The molecule has 0 unspecified atom stereocenters.